The zero-order valence-corrected chi connectivity index (χ0v) is 19.3. The largest absolute Gasteiger partial charge is 0.483 e. The summed E-state index contributed by atoms with van der Waals surface area (Å²) in [5, 5.41) is 12.3. The summed E-state index contributed by atoms with van der Waals surface area (Å²) >= 11 is 0. The van der Waals surface area contributed by atoms with E-state index in [-0.39, 0.29) is 24.0 Å². The van der Waals surface area contributed by atoms with E-state index in [0.717, 1.165) is 11.1 Å². The van der Waals surface area contributed by atoms with Crippen LogP contribution in [0.5, 0.6) is 5.75 Å². The van der Waals surface area contributed by atoms with Crippen LogP contribution in [-0.2, 0) is 11.2 Å². The van der Waals surface area contributed by atoms with E-state index in [2.05, 4.69) is 5.32 Å². The maximum Gasteiger partial charge on any atom is 0.260 e. The van der Waals surface area contributed by atoms with Crippen LogP contribution in [0.2, 0.25) is 0 Å². The number of benzene rings is 3. The van der Waals surface area contributed by atoms with Crippen molar-refractivity contribution in [2.75, 3.05) is 20.3 Å². The molecular formula is C27H29FN2O4. The minimum absolute atomic E-state index is 0.0177. The molecule has 6 nitrogen and oxygen atoms in total. The van der Waals surface area contributed by atoms with Gasteiger partial charge in [-0.15, -0.1) is 0 Å². The summed E-state index contributed by atoms with van der Waals surface area (Å²) in [7, 11) is 1.60. The van der Waals surface area contributed by atoms with Crippen molar-refractivity contribution in [3.8, 4) is 5.75 Å². The van der Waals surface area contributed by atoms with Gasteiger partial charge in [0.2, 0.25) is 0 Å². The fourth-order valence-corrected chi connectivity index (χ4v) is 3.61. The van der Waals surface area contributed by atoms with E-state index in [0.29, 0.717) is 6.42 Å². The molecule has 3 aromatic carbocycles. The number of nitrogens with zero attached hydrogens (tertiary/aromatic N) is 1. The lowest BCUT2D eigenvalue weighted by atomic mass is 10.1. The van der Waals surface area contributed by atoms with E-state index >= 15 is 0 Å². The molecule has 0 saturated heterocycles. The maximum atomic E-state index is 14.7. The van der Waals surface area contributed by atoms with Gasteiger partial charge in [-0.3, -0.25) is 9.59 Å². The number of carbonyl (C=O) groups is 2. The Morgan fingerprint density at radius 1 is 1.00 bits per heavy atom. The molecule has 0 heterocycles. The van der Waals surface area contributed by atoms with Crippen LogP contribution in [-0.4, -0.2) is 48.1 Å². The highest BCUT2D eigenvalue weighted by atomic mass is 19.1. The van der Waals surface area contributed by atoms with Gasteiger partial charge in [0.05, 0.1) is 18.7 Å². The highest BCUT2D eigenvalue weighted by molar-refractivity contribution is 5.97. The number of hydrogen-bond donors (Lipinski definition) is 2. The van der Waals surface area contributed by atoms with E-state index in [1.165, 1.54) is 23.1 Å². The van der Waals surface area contributed by atoms with Gasteiger partial charge >= 0.3 is 0 Å². The number of amides is 2. The lowest BCUT2D eigenvalue weighted by Gasteiger charge is -2.26. The van der Waals surface area contributed by atoms with Crippen LogP contribution in [0.25, 0.3) is 0 Å². The van der Waals surface area contributed by atoms with Gasteiger partial charge in [-0.25, -0.2) is 4.39 Å². The summed E-state index contributed by atoms with van der Waals surface area (Å²) in [6, 6.07) is 22.1. The molecule has 3 aromatic rings. The molecule has 7 heteroatoms. The van der Waals surface area contributed by atoms with Crippen LogP contribution in [0.15, 0.2) is 78.9 Å². The number of aliphatic hydroxyl groups is 1. The summed E-state index contributed by atoms with van der Waals surface area (Å²) in [4.78, 5) is 27.0. The zero-order valence-electron chi connectivity index (χ0n) is 19.3. The van der Waals surface area contributed by atoms with Crippen molar-refractivity contribution < 1.29 is 23.8 Å². The minimum Gasteiger partial charge on any atom is -0.483 e. The Morgan fingerprint density at radius 2 is 1.65 bits per heavy atom. The molecule has 3 rings (SSSR count). The molecule has 0 aliphatic heterocycles. The summed E-state index contributed by atoms with van der Waals surface area (Å²) < 4.78 is 20.2. The van der Waals surface area contributed by atoms with Gasteiger partial charge in [0, 0.05) is 7.05 Å². The fourth-order valence-electron chi connectivity index (χ4n) is 3.61. The molecule has 0 fully saturated rings. The molecule has 2 N–H and O–H groups in total. The Bertz CT molecular complexity index is 1090. The molecule has 34 heavy (non-hydrogen) atoms. The third-order valence-electron chi connectivity index (χ3n) is 5.64. The summed E-state index contributed by atoms with van der Waals surface area (Å²) in [6.07, 6.45) is 0.453. The van der Waals surface area contributed by atoms with Crippen molar-refractivity contribution in [3.63, 3.8) is 0 Å². The first kappa shape index (κ1) is 24.9. The lowest BCUT2D eigenvalue weighted by Crippen LogP contribution is -2.41. The van der Waals surface area contributed by atoms with Crippen LogP contribution in [0.4, 0.5) is 4.39 Å². The molecule has 2 atom stereocenters. The Hall–Kier alpha value is -3.71. The SMILES string of the molecule is C[C@H](c1ccccc1)N(C)C(=O)c1c(F)cccc1OCC(=O)N[C@H](CO)Cc1ccccc1. The van der Waals surface area contributed by atoms with E-state index in [1.807, 2.05) is 67.6 Å². The van der Waals surface area contributed by atoms with Crippen molar-refractivity contribution >= 4 is 11.8 Å². The number of aliphatic hydroxyl groups excluding tert-OH is 1. The van der Waals surface area contributed by atoms with Gasteiger partial charge in [0.25, 0.3) is 11.8 Å². The van der Waals surface area contributed by atoms with Crippen LogP contribution >= 0.6 is 0 Å². The number of carbonyl (C=O) groups excluding carboxylic acids is 2. The van der Waals surface area contributed by atoms with E-state index in [1.54, 1.807) is 7.05 Å². The van der Waals surface area contributed by atoms with Gasteiger partial charge in [-0.2, -0.15) is 0 Å². The second kappa shape index (κ2) is 12.0. The predicted octanol–water partition coefficient (Wildman–Crippen LogP) is 3.76. The quantitative estimate of drug-likeness (QED) is 0.479. The highest BCUT2D eigenvalue weighted by Crippen LogP contribution is 2.27. The lowest BCUT2D eigenvalue weighted by molar-refractivity contribution is -0.124. The van der Waals surface area contributed by atoms with Crippen LogP contribution in [0.1, 0.15) is 34.5 Å². The summed E-state index contributed by atoms with van der Waals surface area (Å²) in [5.74, 6) is -1.78. The Kier molecular flexibility index (Phi) is 8.76. The Morgan fingerprint density at radius 3 is 2.29 bits per heavy atom. The number of hydrogen-bond acceptors (Lipinski definition) is 4. The molecule has 0 radical (unpaired) electrons. The number of rotatable bonds is 10. The first-order valence-corrected chi connectivity index (χ1v) is 11.1. The predicted molar refractivity (Wildman–Crippen MR) is 128 cm³/mol. The summed E-state index contributed by atoms with van der Waals surface area (Å²) in [6.45, 7) is 1.18. The fraction of sp³-hybridized carbons (Fsp3) is 0.259. The van der Waals surface area contributed by atoms with Gasteiger partial charge in [0.15, 0.2) is 6.61 Å². The van der Waals surface area contributed by atoms with Gasteiger partial charge < -0.3 is 20.1 Å². The number of ether oxygens (including phenoxy) is 1. The molecule has 2 amide bonds. The van der Waals surface area contributed by atoms with Gasteiger partial charge in [0.1, 0.15) is 17.1 Å². The smallest absolute Gasteiger partial charge is 0.260 e. The standard InChI is InChI=1S/C27H29FN2O4/c1-19(21-12-7-4-8-13-21)30(2)27(33)26-23(28)14-9-15-24(26)34-18-25(32)29-22(17-31)16-20-10-5-3-6-11-20/h3-15,19,22,31H,16-18H2,1-2H3,(H,29,32)/t19-,22+/m1/s1. The van der Waals surface area contributed by atoms with E-state index in [9.17, 15) is 19.1 Å². The van der Waals surface area contributed by atoms with Crippen molar-refractivity contribution in [2.24, 2.45) is 0 Å². The Labute approximate surface area is 199 Å². The first-order chi connectivity index (χ1) is 16.4. The number of nitrogens with one attached hydrogen (secondary N) is 1. The topological polar surface area (TPSA) is 78.9 Å². The normalized spacial score (nSPS) is 12.5. The van der Waals surface area contributed by atoms with Crippen LogP contribution in [0, 0.1) is 5.82 Å². The molecule has 178 valence electrons. The first-order valence-electron chi connectivity index (χ1n) is 11.1. The van der Waals surface area contributed by atoms with Gasteiger partial charge in [-0.1, -0.05) is 66.7 Å². The molecule has 0 saturated carbocycles. The second-order valence-electron chi connectivity index (χ2n) is 8.04. The Balaban J connectivity index is 1.67. The van der Waals surface area contributed by atoms with Crippen LogP contribution in [0.3, 0.4) is 0 Å². The molecular weight excluding hydrogens is 435 g/mol. The van der Waals surface area contributed by atoms with E-state index < -0.39 is 30.3 Å². The van der Waals surface area contributed by atoms with Crippen molar-refractivity contribution in [2.45, 2.75) is 25.4 Å². The van der Waals surface area contributed by atoms with Crippen molar-refractivity contribution in [3.05, 3.63) is 101 Å². The number of halogens is 1. The molecule has 0 bridgehead atoms. The molecule has 0 aromatic heterocycles. The molecule has 0 unspecified atom stereocenters. The van der Waals surface area contributed by atoms with Crippen molar-refractivity contribution in [1.29, 1.82) is 0 Å². The van der Waals surface area contributed by atoms with E-state index in [4.69, 9.17) is 4.74 Å². The molecule has 0 aliphatic rings. The second-order valence-corrected chi connectivity index (χ2v) is 8.04. The average molecular weight is 465 g/mol. The highest BCUT2D eigenvalue weighted by Gasteiger charge is 2.25. The van der Waals surface area contributed by atoms with Crippen LogP contribution < -0.4 is 10.1 Å². The minimum atomic E-state index is -0.729. The van der Waals surface area contributed by atoms with Gasteiger partial charge in [-0.05, 0) is 36.6 Å². The third-order valence-corrected chi connectivity index (χ3v) is 5.64. The maximum absolute atomic E-state index is 14.7. The molecule has 0 aliphatic carbocycles. The summed E-state index contributed by atoms with van der Waals surface area (Å²) in [5.41, 5.74) is 1.64. The monoisotopic (exact) mass is 464 g/mol. The van der Waals surface area contributed by atoms with Crippen molar-refractivity contribution in [1.82, 2.24) is 10.2 Å². The third kappa shape index (κ3) is 6.42. The average Bonchev–Trinajstić information content (AvgIpc) is 2.87. The zero-order chi connectivity index (χ0) is 24.5. The molecule has 0 spiro atoms.